The van der Waals surface area contributed by atoms with Crippen molar-refractivity contribution in [3.63, 3.8) is 0 Å². The maximum atomic E-state index is 13.1. The number of aromatic nitrogens is 1. The highest BCUT2D eigenvalue weighted by Crippen LogP contribution is 2.23. The van der Waals surface area contributed by atoms with Crippen LogP contribution in [0.3, 0.4) is 0 Å². The Kier molecular flexibility index (Phi) is 11.7. The van der Waals surface area contributed by atoms with Crippen LogP contribution in [0.15, 0.2) is 109 Å². The topological polar surface area (TPSA) is 159 Å². The first-order valence-corrected chi connectivity index (χ1v) is 15.6. The van der Waals surface area contributed by atoms with E-state index in [0.717, 1.165) is 16.7 Å². The van der Waals surface area contributed by atoms with Crippen LogP contribution in [0.25, 0.3) is 11.1 Å². The maximum absolute atomic E-state index is 13.1. The van der Waals surface area contributed by atoms with E-state index in [4.69, 9.17) is 9.47 Å². The van der Waals surface area contributed by atoms with Gasteiger partial charge in [0.25, 0.3) is 5.91 Å². The zero-order valence-corrected chi connectivity index (χ0v) is 26.2. The first-order chi connectivity index (χ1) is 23.4. The van der Waals surface area contributed by atoms with E-state index < -0.39 is 36.0 Å². The Labute approximate surface area is 278 Å². The average Bonchev–Trinajstić information content (AvgIpc) is 3.55. The number of carboxylic acid groups (broad SMARTS) is 1. The van der Waals surface area contributed by atoms with Crippen LogP contribution >= 0.6 is 0 Å². The second-order valence-corrected chi connectivity index (χ2v) is 11.2. The monoisotopic (exact) mass is 651 g/mol. The molecule has 0 aliphatic carbocycles. The number of hydrogen-bond acceptors (Lipinski definition) is 8. The summed E-state index contributed by atoms with van der Waals surface area (Å²) >= 11 is 0. The molecule has 12 heteroatoms. The maximum Gasteiger partial charge on any atom is 0.410 e. The number of ether oxygens (including phenoxy) is 2. The number of rotatable bonds is 14. The summed E-state index contributed by atoms with van der Waals surface area (Å²) in [6.07, 6.45) is 1.13. The Hall–Kier alpha value is -5.75. The molecule has 0 radical (unpaired) electrons. The average molecular weight is 652 g/mol. The summed E-state index contributed by atoms with van der Waals surface area (Å²) in [5.74, 6) is -1.78. The third-order valence-corrected chi connectivity index (χ3v) is 7.81. The molecule has 4 aromatic rings. The van der Waals surface area contributed by atoms with Gasteiger partial charge in [-0.3, -0.25) is 9.59 Å². The zero-order valence-electron chi connectivity index (χ0n) is 26.2. The first-order valence-electron chi connectivity index (χ1n) is 15.6. The highest BCUT2D eigenvalue weighted by atomic mass is 16.6. The number of nitrogens with zero attached hydrogens (tertiary/aromatic N) is 2. The molecule has 4 N–H and O–H groups in total. The van der Waals surface area contributed by atoms with Crippen molar-refractivity contribution in [2.75, 3.05) is 31.6 Å². The number of carboxylic acids is 1. The van der Waals surface area contributed by atoms with Gasteiger partial charge in [0, 0.05) is 24.8 Å². The van der Waals surface area contributed by atoms with Gasteiger partial charge in [-0.05, 0) is 47.4 Å². The lowest BCUT2D eigenvalue weighted by molar-refractivity contribution is -0.139. The summed E-state index contributed by atoms with van der Waals surface area (Å²) in [7, 11) is 0. The molecular weight excluding hydrogens is 614 g/mol. The number of likely N-dealkylation sites (tertiary alicyclic amines) is 1. The van der Waals surface area contributed by atoms with Gasteiger partial charge >= 0.3 is 12.1 Å². The molecule has 5 rings (SSSR count). The van der Waals surface area contributed by atoms with Gasteiger partial charge in [0.15, 0.2) is 0 Å². The molecule has 0 spiro atoms. The van der Waals surface area contributed by atoms with Gasteiger partial charge in [0.2, 0.25) is 5.91 Å². The van der Waals surface area contributed by atoms with E-state index in [1.54, 1.807) is 41.4 Å². The van der Waals surface area contributed by atoms with Crippen LogP contribution in [0.2, 0.25) is 0 Å². The molecule has 3 aromatic carbocycles. The predicted octanol–water partition coefficient (Wildman–Crippen LogP) is 3.96. The lowest BCUT2D eigenvalue weighted by atomic mass is 10.0. The second-order valence-electron chi connectivity index (χ2n) is 11.2. The van der Waals surface area contributed by atoms with Gasteiger partial charge < -0.3 is 35.4 Å². The van der Waals surface area contributed by atoms with E-state index in [-0.39, 0.29) is 37.9 Å². The number of benzene rings is 3. The number of amides is 3. The summed E-state index contributed by atoms with van der Waals surface area (Å²) < 4.78 is 11.4. The standard InChI is InChI=1S/C36H37N5O7/c42-33(39-21-31(35(44)45)40-34(43)28-16-14-27(15-17-28)26-11-5-2-6-12-26)24-47-30-19-29(20-38-32-13-7-8-18-37-32)41(22-30)36(46)48-23-25-9-3-1-4-10-25/h1-18,29-31H,19-24H2,(H,37,38)(H,39,42)(H,40,43)(H,44,45)/t29-,30?,31?/m0/s1. The van der Waals surface area contributed by atoms with Crippen LogP contribution in [-0.2, 0) is 25.7 Å². The lowest BCUT2D eigenvalue weighted by Crippen LogP contribution is -2.49. The molecule has 1 aliphatic heterocycles. The number of nitrogens with one attached hydrogen (secondary N) is 3. The van der Waals surface area contributed by atoms with Gasteiger partial charge in [-0.2, -0.15) is 0 Å². The number of hydrogen-bond donors (Lipinski definition) is 4. The molecule has 1 aliphatic rings. The van der Waals surface area contributed by atoms with Gasteiger partial charge in [0.1, 0.15) is 25.1 Å². The van der Waals surface area contributed by atoms with Crippen molar-refractivity contribution < 1.29 is 33.8 Å². The molecule has 1 fully saturated rings. The Bertz CT molecular complexity index is 1660. The fourth-order valence-electron chi connectivity index (χ4n) is 5.25. The fourth-order valence-corrected chi connectivity index (χ4v) is 5.25. The second kappa shape index (κ2) is 16.7. The van der Waals surface area contributed by atoms with E-state index in [1.807, 2.05) is 72.8 Å². The van der Waals surface area contributed by atoms with Gasteiger partial charge in [-0.15, -0.1) is 0 Å². The lowest BCUT2D eigenvalue weighted by Gasteiger charge is -2.24. The van der Waals surface area contributed by atoms with Crippen LogP contribution in [0.5, 0.6) is 0 Å². The third kappa shape index (κ3) is 9.63. The van der Waals surface area contributed by atoms with E-state index in [2.05, 4.69) is 20.9 Å². The molecule has 0 saturated carbocycles. The zero-order chi connectivity index (χ0) is 33.7. The van der Waals surface area contributed by atoms with Gasteiger partial charge in [-0.1, -0.05) is 78.9 Å². The Morgan fingerprint density at radius 2 is 1.56 bits per heavy atom. The molecule has 0 bridgehead atoms. The molecule has 3 atom stereocenters. The Balaban J connectivity index is 1.11. The minimum Gasteiger partial charge on any atom is -0.480 e. The van der Waals surface area contributed by atoms with Gasteiger partial charge in [0.05, 0.1) is 18.7 Å². The van der Waals surface area contributed by atoms with Crippen molar-refractivity contribution >= 4 is 29.7 Å². The molecule has 12 nitrogen and oxygen atoms in total. The van der Waals surface area contributed by atoms with Crippen LogP contribution < -0.4 is 16.0 Å². The van der Waals surface area contributed by atoms with Crippen LogP contribution in [0, 0.1) is 0 Å². The van der Waals surface area contributed by atoms with Gasteiger partial charge in [-0.25, -0.2) is 14.6 Å². The quantitative estimate of drug-likeness (QED) is 0.158. The molecule has 1 saturated heterocycles. The number of anilines is 1. The molecule has 2 heterocycles. The number of pyridine rings is 1. The summed E-state index contributed by atoms with van der Waals surface area (Å²) in [6, 6.07) is 29.6. The minimum absolute atomic E-state index is 0.116. The summed E-state index contributed by atoms with van der Waals surface area (Å²) in [6.45, 7) is -0.000624. The number of aliphatic carboxylic acids is 1. The van der Waals surface area contributed by atoms with Crippen molar-refractivity contribution in [1.82, 2.24) is 20.5 Å². The summed E-state index contributed by atoms with van der Waals surface area (Å²) in [4.78, 5) is 56.2. The van der Waals surface area contributed by atoms with Crippen LogP contribution in [-0.4, -0.2) is 83.3 Å². The van der Waals surface area contributed by atoms with E-state index in [0.29, 0.717) is 18.8 Å². The summed E-state index contributed by atoms with van der Waals surface area (Å²) in [5.41, 5.74) is 3.05. The smallest absolute Gasteiger partial charge is 0.410 e. The van der Waals surface area contributed by atoms with E-state index >= 15 is 0 Å². The largest absolute Gasteiger partial charge is 0.480 e. The van der Waals surface area contributed by atoms with Crippen molar-refractivity contribution in [1.29, 1.82) is 0 Å². The molecule has 248 valence electrons. The van der Waals surface area contributed by atoms with E-state index in [1.165, 1.54) is 0 Å². The SMILES string of the molecule is O=C(COC1C[C@@H](CNc2ccccn2)N(C(=O)OCc2ccccc2)C1)NCC(NC(=O)c1ccc(-c2ccccc2)cc1)C(=O)O. The Morgan fingerprint density at radius 1 is 0.875 bits per heavy atom. The van der Waals surface area contributed by atoms with Crippen molar-refractivity contribution in [2.45, 2.75) is 31.2 Å². The molecule has 48 heavy (non-hydrogen) atoms. The van der Waals surface area contributed by atoms with Crippen molar-refractivity contribution in [2.24, 2.45) is 0 Å². The molecule has 2 unspecified atom stereocenters. The normalized spacial score (nSPS) is 16.0. The van der Waals surface area contributed by atoms with E-state index in [9.17, 15) is 24.3 Å². The minimum atomic E-state index is -1.36. The van der Waals surface area contributed by atoms with Crippen molar-refractivity contribution in [3.8, 4) is 11.1 Å². The predicted molar refractivity (Wildman–Crippen MR) is 178 cm³/mol. The molecule has 3 amide bonds. The highest BCUT2D eigenvalue weighted by Gasteiger charge is 2.37. The molecule has 1 aromatic heterocycles. The van der Waals surface area contributed by atoms with Crippen molar-refractivity contribution in [3.05, 3.63) is 120 Å². The Morgan fingerprint density at radius 3 is 2.25 bits per heavy atom. The molecular formula is C36H37N5O7. The first kappa shape index (κ1) is 33.6. The third-order valence-electron chi connectivity index (χ3n) is 7.81. The summed E-state index contributed by atoms with van der Waals surface area (Å²) in [5, 5.41) is 17.9. The van der Waals surface area contributed by atoms with Crippen LogP contribution in [0.1, 0.15) is 22.3 Å². The van der Waals surface area contributed by atoms with Crippen LogP contribution in [0.4, 0.5) is 10.6 Å². The number of carbonyl (C=O) groups excluding carboxylic acids is 3. The number of carbonyl (C=O) groups is 4. The highest BCUT2D eigenvalue weighted by molar-refractivity contribution is 5.97. The fraction of sp³-hybridized carbons (Fsp3) is 0.250.